The Morgan fingerprint density at radius 2 is 1.68 bits per heavy atom. The van der Waals surface area contributed by atoms with E-state index in [2.05, 4.69) is 0 Å². The van der Waals surface area contributed by atoms with Crippen molar-refractivity contribution in [2.24, 2.45) is 0 Å². The highest BCUT2D eigenvalue weighted by atomic mass is 16.5. The van der Waals surface area contributed by atoms with Gasteiger partial charge in [0.1, 0.15) is 17.3 Å². The summed E-state index contributed by atoms with van der Waals surface area (Å²) < 4.78 is 11.0. The SMILES string of the molecule is COc1ccccc1C(=O)N(Cc1ccccc1)Cc1ccc(C)o1. The number of furan rings is 1. The smallest absolute Gasteiger partial charge is 0.258 e. The fourth-order valence-corrected chi connectivity index (χ4v) is 2.75. The molecular weight excluding hydrogens is 314 g/mol. The predicted octanol–water partition coefficient (Wildman–Crippen LogP) is 4.44. The molecule has 4 nitrogen and oxygen atoms in total. The van der Waals surface area contributed by atoms with Gasteiger partial charge in [-0.2, -0.15) is 0 Å². The van der Waals surface area contributed by atoms with E-state index in [0.29, 0.717) is 24.4 Å². The largest absolute Gasteiger partial charge is 0.496 e. The van der Waals surface area contributed by atoms with Gasteiger partial charge in [0, 0.05) is 6.54 Å². The molecule has 0 atom stereocenters. The van der Waals surface area contributed by atoms with Gasteiger partial charge < -0.3 is 14.1 Å². The van der Waals surface area contributed by atoms with Crippen molar-refractivity contribution in [3.63, 3.8) is 0 Å². The van der Waals surface area contributed by atoms with Crippen LogP contribution >= 0.6 is 0 Å². The summed E-state index contributed by atoms with van der Waals surface area (Å²) in [5.41, 5.74) is 1.61. The van der Waals surface area contributed by atoms with Gasteiger partial charge >= 0.3 is 0 Å². The summed E-state index contributed by atoms with van der Waals surface area (Å²) in [6, 6.07) is 21.0. The first-order valence-electron chi connectivity index (χ1n) is 8.19. The highest BCUT2D eigenvalue weighted by Crippen LogP contribution is 2.22. The van der Waals surface area contributed by atoms with E-state index in [-0.39, 0.29) is 5.91 Å². The molecule has 1 amide bonds. The average molecular weight is 335 g/mol. The lowest BCUT2D eigenvalue weighted by Gasteiger charge is -2.23. The second kappa shape index (κ2) is 7.71. The lowest BCUT2D eigenvalue weighted by atomic mass is 10.1. The molecule has 0 aliphatic rings. The zero-order valence-electron chi connectivity index (χ0n) is 14.4. The standard InChI is InChI=1S/C21H21NO3/c1-16-12-13-18(25-16)15-22(14-17-8-4-3-5-9-17)21(23)19-10-6-7-11-20(19)24-2/h3-13H,14-15H2,1-2H3. The highest BCUT2D eigenvalue weighted by molar-refractivity contribution is 5.96. The molecule has 0 spiro atoms. The van der Waals surface area contributed by atoms with Crippen LogP contribution in [0.4, 0.5) is 0 Å². The molecule has 3 aromatic rings. The van der Waals surface area contributed by atoms with Gasteiger partial charge in [0.2, 0.25) is 0 Å². The van der Waals surface area contributed by atoms with E-state index in [4.69, 9.17) is 9.15 Å². The van der Waals surface area contributed by atoms with Crippen LogP contribution in [-0.4, -0.2) is 17.9 Å². The Morgan fingerprint density at radius 1 is 0.960 bits per heavy atom. The van der Waals surface area contributed by atoms with E-state index >= 15 is 0 Å². The van der Waals surface area contributed by atoms with Crippen LogP contribution in [0.3, 0.4) is 0 Å². The molecule has 0 fully saturated rings. The lowest BCUT2D eigenvalue weighted by molar-refractivity contribution is 0.0713. The molecule has 4 heteroatoms. The third-order valence-electron chi connectivity index (χ3n) is 3.98. The van der Waals surface area contributed by atoms with Crippen molar-refractivity contribution in [3.05, 3.63) is 89.4 Å². The fraction of sp³-hybridized carbons (Fsp3) is 0.190. The Morgan fingerprint density at radius 3 is 2.36 bits per heavy atom. The highest BCUT2D eigenvalue weighted by Gasteiger charge is 2.21. The Kier molecular flexibility index (Phi) is 5.19. The number of hydrogen-bond donors (Lipinski definition) is 0. The van der Waals surface area contributed by atoms with E-state index in [1.54, 1.807) is 24.1 Å². The maximum absolute atomic E-state index is 13.1. The Balaban J connectivity index is 1.90. The number of carbonyl (C=O) groups excluding carboxylic acids is 1. The first kappa shape index (κ1) is 16.8. The number of rotatable bonds is 6. The summed E-state index contributed by atoms with van der Waals surface area (Å²) in [5.74, 6) is 2.08. The number of methoxy groups -OCH3 is 1. The molecule has 128 valence electrons. The first-order chi connectivity index (χ1) is 12.2. The number of para-hydroxylation sites is 1. The number of hydrogen-bond acceptors (Lipinski definition) is 3. The van der Waals surface area contributed by atoms with Crippen molar-refractivity contribution in [1.82, 2.24) is 4.90 Å². The zero-order chi connectivity index (χ0) is 17.6. The molecule has 0 unspecified atom stereocenters. The molecule has 0 aliphatic heterocycles. The van der Waals surface area contributed by atoms with Gasteiger partial charge in [0.25, 0.3) is 5.91 Å². The van der Waals surface area contributed by atoms with Crippen LogP contribution < -0.4 is 4.74 Å². The number of aryl methyl sites for hydroxylation is 1. The van der Waals surface area contributed by atoms with Crippen molar-refractivity contribution >= 4 is 5.91 Å². The molecule has 0 radical (unpaired) electrons. The van der Waals surface area contributed by atoms with Gasteiger partial charge in [-0.1, -0.05) is 42.5 Å². The van der Waals surface area contributed by atoms with E-state index in [1.165, 1.54) is 0 Å². The maximum atomic E-state index is 13.1. The summed E-state index contributed by atoms with van der Waals surface area (Å²) in [7, 11) is 1.57. The van der Waals surface area contributed by atoms with E-state index < -0.39 is 0 Å². The van der Waals surface area contributed by atoms with Gasteiger partial charge in [-0.05, 0) is 36.8 Å². The van der Waals surface area contributed by atoms with Gasteiger partial charge in [-0.25, -0.2) is 0 Å². The van der Waals surface area contributed by atoms with Crippen molar-refractivity contribution in [2.45, 2.75) is 20.0 Å². The summed E-state index contributed by atoms with van der Waals surface area (Å²) in [6.07, 6.45) is 0. The van der Waals surface area contributed by atoms with Crippen molar-refractivity contribution in [1.29, 1.82) is 0 Å². The molecule has 0 bridgehead atoms. The molecule has 0 aliphatic carbocycles. The van der Waals surface area contributed by atoms with Crippen LogP contribution in [0.15, 0.2) is 71.1 Å². The van der Waals surface area contributed by atoms with Crippen LogP contribution in [0.2, 0.25) is 0 Å². The summed E-state index contributed by atoms with van der Waals surface area (Å²) in [4.78, 5) is 14.9. The zero-order valence-corrected chi connectivity index (χ0v) is 14.4. The summed E-state index contributed by atoms with van der Waals surface area (Å²) >= 11 is 0. The minimum atomic E-state index is -0.0876. The average Bonchev–Trinajstić information content (AvgIpc) is 3.06. The fourth-order valence-electron chi connectivity index (χ4n) is 2.75. The van der Waals surface area contributed by atoms with Crippen LogP contribution in [-0.2, 0) is 13.1 Å². The number of nitrogens with zero attached hydrogens (tertiary/aromatic N) is 1. The molecule has 3 rings (SSSR count). The van der Waals surface area contributed by atoms with Gasteiger partial charge in [0.05, 0.1) is 19.2 Å². The summed E-state index contributed by atoms with van der Waals surface area (Å²) in [5, 5.41) is 0. The third kappa shape index (κ3) is 4.10. The predicted molar refractivity (Wildman–Crippen MR) is 96.5 cm³/mol. The normalized spacial score (nSPS) is 10.5. The Bertz CT molecular complexity index is 839. The molecule has 1 heterocycles. The van der Waals surface area contributed by atoms with Crippen LogP contribution in [0, 0.1) is 6.92 Å². The topological polar surface area (TPSA) is 42.7 Å². The van der Waals surface area contributed by atoms with Crippen LogP contribution in [0.25, 0.3) is 0 Å². The third-order valence-corrected chi connectivity index (χ3v) is 3.98. The van der Waals surface area contributed by atoms with Crippen molar-refractivity contribution < 1.29 is 13.9 Å². The van der Waals surface area contributed by atoms with Gasteiger partial charge in [-0.15, -0.1) is 0 Å². The van der Waals surface area contributed by atoms with Crippen molar-refractivity contribution in [3.8, 4) is 5.75 Å². The van der Waals surface area contributed by atoms with E-state index in [0.717, 1.165) is 17.1 Å². The minimum Gasteiger partial charge on any atom is -0.496 e. The monoisotopic (exact) mass is 335 g/mol. The first-order valence-corrected chi connectivity index (χ1v) is 8.19. The van der Waals surface area contributed by atoms with E-state index in [9.17, 15) is 4.79 Å². The van der Waals surface area contributed by atoms with Crippen LogP contribution in [0.1, 0.15) is 27.4 Å². The van der Waals surface area contributed by atoms with Crippen LogP contribution in [0.5, 0.6) is 5.75 Å². The molecular formula is C21H21NO3. The number of amides is 1. The van der Waals surface area contributed by atoms with E-state index in [1.807, 2.05) is 61.5 Å². The number of carbonyl (C=O) groups is 1. The number of ether oxygens (including phenoxy) is 1. The van der Waals surface area contributed by atoms with Gasteiger partial charge in [-0.3, -0.25) is 4.79 Å². The molecule has 0 saturated carbocycles. The molecule has 2 aromatic carbocycles. The van der Waals surface area contributed by atoms with Gasteiger partial charge in [0.15, 0.2) is 0 Å². The Labute approximate surface area is 147 Å². The minimum absolute atomic E-state index is 0.0876. The number of benzene rings is 2. The summed E-state index contributed by atoms with van der Waals surface area (Å²) in [6.45, 7) is 2.80. The molecule has 0 N–H and O–H groups in total. The molecule has 1 aromatic heterocycles. The second-order valence-corrected chi connectivity index (χ2v) is 5.86. The lowest BCUT2D eigenvalue weighted by Crippen LogP contribution is -2.30. The second-order valence-electron chi connectivity index (χ2n) is 5.86. The Hall–Kier alpha value is -3.01. The van der Waals surface area contributed by atoms with Crippen molar-refractivity contribution in [2.75, 3.05) is 7.11 Å². The maximum Gasteiger partial charge on any atom is 0.258 e. The quantitative estimate of drug-likeness (QED) is 0.669. The molecule has 25 heavy (non-hydrogen) atoms. The molecule has 0 saturated heterocycles.